The lowest BCUT2D eigenvalue weighted by molar-refractivity contribution is -0.148. The van der Waals surface area contributed by atoms with E-state index < -0.39 is 0 Å². The van der Waals surface area contributed by atoms with Crippen LogP contribution in [-0.4, -0.2) is 18.9 Å². The largest absolute Gasteiger partial charge is 0.466 e. The lowest BCUT2D eigenvalue weighted by atomic mass is 10.1. The Kier molecular flexibility index (Phi) is 4.54. The van der Waals surface area contributed by atoms with Gasteiger partial charge in [-0.1, -0.05) is 6.92 Å². The van der Waals surface area contributed by atoms with Gasteiger partial charge in [-0.25, -0.2) is 0 Å². The zero-order chi connectivity index (χ0) is 7.98. The van der Waals surface area contributed by atoms with Crippen LogP contribution < -0.4 is 0 Å². The van der Waals surface area contributed by atoms with E-state index in [9.17, 15) is 9.59 Å². The van der Waals surface area contributed by atoms with Crippen molar-refractivity contribution in [3.05, 3.63) is 0 Å². The second kappa shape index (κ2) is 4.97. The van der Waals surface area contributed by atoms with E-state index >= 15 is 0 Å². The first-order valence-electron chi connectivity index (χ1n) is 3.32. The topological polar surface area (TPSA) is 43.4 Å². The Hall–Kier alpha value is -0.860. The third kappa shape index (κ3) is 3.22. The van der Waals surface area contributed by atoms with Gasteiger partial charge in [0.25, 0.3) is 0 Å². The van der Waals surface area contributed by atoms with Gasteiger partial charge in [0.05, 0.1) is 12.5 Å². The highest BCUT2D eigenvalue weighted by Crippen LogP contribution is 2.01. The van der Waals surface area contributed by atoms with Crippen LogP contribution in [0.5, 0.6) is 0 Å². The Morgan fingerprint density at radius 3 is 2.70 bits per heavy atom. The lowest BCUT2D eigenvalue weighted by Crippen LogP contribution is -2.14. The molecule has 0 radical (unpaired) electrons. The highest BCUT2D eigenvalue weighted by molar-refractivity contribution is 5.74. The smallest absolute Gasteiger partial charge is 0.309 e. The molecule has 0 aromatic rings. The molecule has 0 rings (SSSR count). The molecular weight excluding hydrogens is 132 g/mol. The summed E-state index contributed by atoms with van der Waals surface area (Å²) in [6.07, 6.45) is 0.973. The number of carbonyl (C=O) groups excluding carboxylic acids is 2. The van der Waals surface area contributed by atoms with Crippen LogP contribution >= 0.6 is 0 Å². The maximum Gasteiger partial charge on any atom is 0.309 e. The van der Waals surface area contributed by atoms with Crippen molar-refractivity contribution in [1.29, 1.82) is 0 Å². The summed E-state index contributed by atoms with van der Waals surface area (Å²) in [5.74, 6) is -0.591. The number of esters is 1. The van der Waals surface area contributed by atoms with Crippen molar-refractivity contribution in [3.63, 3.8) is 0 Å². The van der Waals surface area contributed by atoms with Crippen molar-refractivity contribution in [2.24, 2.45) is 5.92 Å². The van der Waals surface area contributed by atoms with Crippen molar-refractivity contribution in [2.75, 3.05) is 6.61 Å². The molecule has 0 aliphatic rings. The molecule has 0 spiro atoms. The Morgan fingerprint density at radius 1 is 1.70 bits per heavy atom. The molecule has 58 valence electrons. The molecule has 0 heterocycles. The highest BCUT2D eigenvalue weighted by atomic mass is 16.5. The van der Waals surface area contributed by atoms with E-state index in [2.05, 4.69) is 4.74 Å². The van der Waals surface area contributed by atoms with E-state index in [1.165, 1.54) is 0 Å². The second-order valence-corrected chi connectivity index (χ2v) is 2.06. The van der Waals surface area contributed by atoms with E-state index in [-0.39, 0.29) is 18.3 Å². The summed E-state index contributed by atoms with van der Waals surface area (Å²) in [6.45, 7) is 3.79. The molecular formula is C7H12O3. The van der Waals surface area contributed by atoms with Crippen LogP contribution in [0.2, 0.25) is 0 Å². The first kappa shape index (κ1) is 9.14. The number of rotatable bonds is 4. The molecule has 0 aromatic heterocycles. The Bertz CT molecular complexity index is 120. The SMILES string of the molecule is CCOC(=O)[C@@H](C)CC=O. The van der Waals surface area contributed by atoms with Gasteiger partial charge in [0.15, 0.2) is 0 Å². The number of aldehydes is 1. The second-order valence-electron chi connectivity index (χ2n) is 2.06. The molecule has 0 saturated carbocycles. The minimum atomic E-state index is -0.297. The molecule has 0 aliphatic carbocycles. The monoisotopic (exact) mass is 144 g/mol. The molecule has 0 bridgehead atoms. The van der Waals surface area contributed by atoms with Crippen LogP contribution in [0.4, 0.5) is 0 Å². The summed E-state index contributed by atoms with van der Waals surface area (Å²) in [6, 6.07) is 0. The molecule has 0 fully saturated rings. The van der Waals surface area contributed by atoms with Gasteiger partial charge in [-0.3, -0.25) is 4.79 Å². The predicted molar refractivity (Wildman–Crippen MR) is 36.5 cm³/mol. The van der Waals surface area contributed by atoms with Crippen LogP contribution in [0.15, 0.2) is 0 Å². The van der Waals surface area contributed by atoms with Gasteiger partial charge in [-0.05, 0) is 6.92 Å². The zero-order valence-corrected chi connectivity index (χ0v) is 6.29. The van der Waals surface area contributed by atoms with E-state index in [4.69, 9.17) is 0 Å². The molecule has 3 heteroatoms. The summed E-state index contributed by atoms with van der Waals surface area (Å²) in [7, 11) is 0. The summed E-state index contributed by atoms with van der Waals surface area (Å²) < 4.78 is 4.66. The van der Waals surface area contributed by atoms with Gasteiger partial charge < -0.3 is 9.53 Å². The van der Waals surface area contributed by atoms with Gasteiger partial charge in [-0.2, -0.15) is 0 Å². The average molecular weight is 144 g/mol. The summed E-state index contributed by atoms with van der Waals surface area (Å²) in [4.78, 5) is 20.7. The first-order valence-corrected chi connectivity index (χ1v) is 3.32. The fraction of sp³-hybridized carbons (Fsp3) is 0.714. The fourth-order valence-corrected chi connectivity index (χ4v) is 0.525. The number of carbonyl (C=O) groups is 2. The quantitative estimate of drug-likeness (QED) is 0.432. The van der Waals surface area contributed by atoms with Crippen molar-refractivity contribution in [2.45, 2.75) is 20.3 Å². The van der Waals surface area contributed by atoms with Crippen molar-refractivity contribution in [3.8, 4) is 0 Å². The number of hydrogen-bond acceptors (Lipinski definition) is 3. The van der Waals surface area contributed by atoms with Gasteiger partial charge in [0, 0.05) is 6.42 Å². The van der Waals surface area contributed by atoms with Crippen molar-refractivity contribution in [1.82, 2.24) is 0 Å². The van der Waals surface area contributed by atoms with Gasteiger partial charge in [0.2, 0.25) is 0 Å². The normalized spacial score (nSPS) is 12.2. The van der Waals surface area contributed by atoms with E-state index in [0.29, 0.717) is 6.61 Å². The fourth-order valence-electron chi connectivity index (χ4n) is 0.525. The third-order valence-electron chi connectivity index (χ3n) is 1.14. The van der Waals surface area contributed by atoms with E-state index in [0.717, 1.165) is 6.29 Å². The van der Waals surface area contributed by atoms with Crippen molar-refractivity contribution < 1.29 is 14.3 Å². The van der Waals surface area contributed by atoms with Crippen molar-refractivity contribution >= 4 is 12.3 Å². The molecule has 1 atom stereocenters. The average Bonchev–Trinajstić information content (AvgIpc) is 1.89. The minimum absolute atomic E-state index is 0.249. The van der Waals surface area contributed by atoms with Crippen LogP contribution in [0.3, 0.4) is 0 Å². The molecule has 0 saturated heterocycles. The lowest BCUT2D eigenvalue weighted by Gasteiger charge is -2.05. The first-order chi connectivity index (χ1) is 4.72. The van der Waals surface area contributed by atoms with Crippen LogP contribution in [0.25, 0.3) is 0 Å². The maximum absolute atomic E-state index is 10.8. The minimum Gasteiger partial charge on any atom is -0.466 e. The summed E-state index contributed by atoms with van der Waals surface area (Å²) in [5.41, 5.74) is 0. The van der Waals surface area contributed by atoms with Crippen LogP contribution in [0.1, 0.15) is 20.3 Å². The molecule has 0 unspecified atom stereocenters. The van der Waals surface area contributed by atoms with E-state index in [1.807, 2.05) is 0 Å². The summed E-state index contributed by atoms with van der Waals surface area (Å²) in [5, 5.41) is 0. The van der Waals surface area contributed by atoms with Gasteiger partial charge in [0.1, 0.15) is 6.29 Å². The van der Waals surface area contributed by atoms with Crippen LogP contribution in [0, 0.1) is 5.92 Å². The molecule has 3 nitrogen and oxygen atoms in total. The Balaban J connectivity index is 3.58. The van der Waals surface area contributed by atoms with Gasteiger partial charge >= 0.3 is 5.97 Å². The maximum atomic E-state index is 10.8. The predicted octanol–water partition coefficient (Wildman–Crippen LogP) is 0.775. The standard InChI is InChI=1S/C7H12O3/c1-3-10-7(9)6(2)4-5-8/h5-6H,3-4H2,1-2H3/t6-/m0/s1. The Morgan fingerprint density at radius 2 is 2.30 bits per heavy atom. The molecule has 0 aliphatic heterocycles. The number of hydrogen-bond donors (Lipinski definition) is 0. The Labute approximate surface area is 60.4 Å². The van der Waals surface area contributed by atoms with Gasteiger partial charge in [-0.15, -0.1) is 0 Å². The molecule has 0 aromatic carbocycles. The molecule has 10 heavy (non-hydrogen) atoms. The third-order valence-corrected chi connectivity index (χ3v) is 1.14. The molecule has 0 amide bonds. The van der Waals surface area contributed by atoms with Crippen LogP contribution in [-0.2, 0) is 14.3 Å². The molecule has 0 N–H and O–H groups in total. The highest BCUT2D eigenvalue weighted by Gasteiger charge is 2.11. The van der Waals surface area contributed by atoms with E-state index in [1.54, 1.807) is 13.8 Å². The zero-order valence-electron chi connectivity index (χ0n) is 6.29. The summed E-state index contributed by atoms with van der Waals surface area (Å²) >= 11 is 0. The number of ether oxygens (including phenoxy) is 1.